The Morgan fingerprint density at radius 1 is 1.39 bits per heavy atom. The molecule has 1 aromatic carbocycles. The highest BCUT2D eigenvalue weighted by molar-refractivity contribution is 7.07. The highest BCUT2D eigenvalue weighted by atomic mass is 32.1. The van der Waals surface area contributed by atoms with E-state index in [1.165, 1.54) is 18.2 Å². The Bertz CT molecular complexity index is 681. The normalized spacial score (nSPS) is 12.2. The Morgan fingerprint density at radius 2 is 2.13 bits per heavy atom. The molecule has 7 heteroatoms. The first kappa shape index (κ1) is 16.9. The summed E-state index contributed by atoms with van der Waals surface area (Å²) in [6, 6.07) is 7.93. The Hall–Kier alpha value is -2.51. The van der Waals surface area contributed by atoms with Gasteiger partial charge in [-0.1, -0.05) is 0 Å². The number of hydrogen-bond donors (Lipinski definition) is 1. The topological polar surface area (TPSA) is 81.5 Å². The van der Waals surface area contributed by atoms with E-state index in [1.807, 2.05) is 16.8 Å². The number of nitro benzene ring substituents is 1. The number of carbonyl (C=O) groups is 1. The van der Waals surface area contributed by atoms with Crippen LogP contribution in [0.5, 0.6) is 0 Å². The Kier molecular flexibility index (Phi) is 6.02. The van der Waals surface area contributed by atoms with Crippen molar-refractivity contribution >= 4 is 29.0 Å². The number of nitrogens with one attached hydrogen (secondary N) is 1. The number of hydrogen-bond acceptors (Lipinski definition) is 5. The molecular formula is C16H16N2O4S. The first-order chi connectivity index (χ1) is 11.1. The fraction of sp³-hybridized carbons (Fsp3) is 0.188. The van der Waals surface area contributed by atoms with Crippen LogP contribution in [0.25, 0.3) is 6.08 Å². The highest BCUT2D eigenvalue weighted by Crippen LogP contribution is 2.18. The van der Waals surface area contributed by atoms with Gasteiger partial charge >= 0.3 is 0 Å². The molecule has 6 nitrogen and oxygen atoms in total. The third-order valence-electron chi connectivity index (χ3n) is 3.19. The van der Waals surface area contributed by atoms with E-state index < -0.39 is 4.92 Å². The van der Waals surface area contributed by atoms with Crippen LogP contribution >= 0.6 is 11.3 Å². The number of non-ortho nitro benzene ring substituents is 1. The standard InChI is InChI=1S/C16H16N2O4S/c1-22-15(13-8-9-23-11-13)10-17-16(19)7-4-12-2-5-14(6-3-12)18(20)21/h2-9,11,15H,10H2,1H3,(H,17,19)/b7-4+. The van der Waals surface area contributed by atoms with Crippen LogP contribution in [0.1, 0.15) is 17.2 Å². The number of amides is 1. The molecule has 1 atom stereocenters. The second-order valence-electron chi connectivity index (χ2n) is 4.71. The summed E-state index contributed by atoms with van der Waals surface area (Å²) in [5.41, 5.74) is 1.76. The minimum Gasteiger partial charge on any atom is -0.375 e. The lowest BCUT2D eigenvalue weighted by Gasteiger charge is -2.14. The number of nitro groups is 1. The number of carbonyl (C=O) groups excluding carboxylic acids is 1. The molecule has 0 spiro atoms. The third kappa shape index (κ3) is 5.01. The van der Waals surface area contributed by atoms with Gasteiger partial charge in [0, 0.05) is 31.9 Å². The second-order valence-corrected chi connectivity index (χ2v) is 5.49. The van der Waals surface area contributed by atoms with Crippen molar-refractivity contribution in [3.05, 3.63) is 68.4 Å². The van der Waals surface area contributed by atoms with Gasteiger partial charge in [0.1, 0.15) is 6.10 Å². The van der Waals surface area contributed by atoms with Gasteiger partial charge in [0.15, 0.2) is 0 Å². The Labute approximate surface area is 137 Å². The van der Waals surface area contributed by atoms with Crippen molar-refractivity contribution < 1.29 is 14.5 Å². The van der Waals surface area contributed by atoms with Crippen molar-refractivity contribution in [2.45, 2.75) is 6.10 Å². The molecule has 23 heavy (non-hydrogen) atoms. The van der Waals surface area contributed by atoms with Gasteiger partial charge in [0.05, 0.1) is 4.92 Å². The smallest absolute Gasteiger partial charge is 0.269 e. The van der Waals surface area contributed by atoms with E-state index in [0.29, 0.717) is 12.1 Å². The molecule has 0 saturated heterocycles. The second kappa shape index (κ2) is 8.21. The monoisotopic (exact) mass is 332 g/mol. The largest absolute Gasteiger partial charge is 0.375 e. The van der Waals surface area contributed by atoms with E-state index in [0.717, 1.165) is 5.56 Å². The predicted molar refractivity (Wildman–Crippen MR) is 89.2 cm³/mol. The summed E-state index contributed by atoms with van der Waals surface area (Å²) in [4.78, 5) is 21.9. The summed E-state index contributed by atoms with van der Waals surface area (Å²) in [6.07, 6.45) is 2.81. The van der Waals surface area contributed by atoms with Gasteiger partial charge < -0.3 is 10.1 Å². The maximum atomic E-state index is 11.8. The summed E-state index contributed by atoms with van der Waals surface area (Å²) in [7, 11) is 1.60. The van der Waals surface area contributed by atoms with Gasteiger partial charge in [0.25, 0.3) is 5.69 Å². The summed E-state index contributed by atoms with van der Waals surface area (Å²) in [6.45, 7) is 0.372. The molecule has 120 valence electrons. The van der Waals surface area contributed by atoms with Crippen molar-refractivity contribution in [2.24, 2.45) is 0 Å². The van der Waals surface area contributed by atoms with Crippen LogP contribution in [0.15, 0.2) is 47.2 Å². The van der Waals surface area contributed by atoms with Crippen LogP contribution in [-0.4, -0.2) is 24.5 Å². The van der Waals surface area contributed by atoms with Gasteiger partial charge in [-0.05, 0) is 46.2 Å². The van der Waals surface area contributed by atoms with Crippen LogP contribution in [0.4, 0.5) is 5.69 Å². The Morgan fingerprint density at radius 3 is 2.70 bits per heavy atom. The van der Waals surface area contributed by atoms with Crippen LogP contribution < -0.4 is 5.32 Å². The van der Waals surface area contributed by atoms with E-state index >= 15 is 0 Å². The molecule has 1 amide bonds. The van der Waals surface area contributed by atoms with Crippen molar-refractivity contribution in [1.29, 1.82) is 0 Å². The zero-order valence-electron chi connectivity index (χ0n) is 12.5. The summed E-state index contributed by atoms with van der Waals surface area (Å²) in [5, 5.41) is 17.3. The molecule has 0 fully saturated rings. The molecule has 0 radical (unpaired) electrons. The molecule has 0 aliphatic rings. The quantitative estimate of drug-likeness (QED) is 0.480. The molecule has 1 unspecified atom stereocenters. The van der Waals surface area contributed by atoms with Crippen LogP contribution in [0.3, 0.4) is 0 Å². The number of benzene rings is 1. The number of methoxy groups -OCH3 is 1. The summed E-state index contributed by atoms with van der Waals surface area (Å²) < 4.78 is 5.35. The Balaban J connectivity index is 1.87. The average Bonchev–Trinajstić information content (AvgIpc) is 3.08. The maximum absolute atomic E-state index is 11.8. The summed E-state index contributed by atoms with van der Waals surface area (Å²) >= 11 is 1.57. The van der Waals surface area contributed by atoms with E-state index in [9.17, 15) is 14.9 Å². The van der Waals surface area contributed by atoms with E-state index in [1.54, 1.807) is 36.7 Å². The number of nitrogens with zero attached hydrogens (tertiary/aromatic N) is 1. The molecular weight excluding hydrogens is 316 g/mol. The van der Waals surface area contributed by atoms with Crippen molar-refractivity contribution in [3.63, 3.8) is 0 Å². The lowest BCUT2D eigenvalue weighted by Crippen LogP contribution is -2.27. The van der Waals surface area contributed by atoms with Gasteiger partial charge in [-0.15, -0.1) is 0 Å². The van der Waals surface area contributed by atoms with Crippen LogP contribution in [0, 0.1) is 10.1 Å². The molecule has 0 saturated carbocycles. The first-order valence-corrected chi connectivity index (χ1v) is 7.79. The summed E-state index contributed by atoms with van der Waals surface area (Å²) in [5.74, 6) is -0.249. The lowest BCUT2D eigenvalue weighted by molar-refractivity contribution is -0.384. The molecule has 0 bridgehead atoms. The van der Waals surface area contributed by atoms with E-state index in [2.05, 4.69) is 5.32 Å². The average molecular weight is 332 g/mol. The zero-order valence-corrected chi connectivity index (χ0v) is 13.3. The minimum atomic E-state index is -0.463. The fourth-order valence-corrected chi connectivity index (χ4v) is 2.63. The highest BCUT2D eigenvalue weighted by Gasteiger charge is 2.11. The van der Waals surface area contributed by atoms with Gasteiger partial charge in [-0.25, -0.2) is 0 Å². The molecule has 1 heterocycles. The van der Waals surface area contributed by atoms with Crippen LogP contribution in [0.2, 0.25) is 0 Å². The number of thiophene rings is 1. The van der Waals surface area contributed by atoms with E-state index in [-0.39, 0.29) is 17.7 Å². The van der Waals surface area contributed by atoms with Crippen molar-refractivity contribution in [3.8, 4) is 0 Å². The minimum absolute atomic E-state index is 0.0188. The van der Waals surface area contributed by atoms with Crippen molar-refractivity contribution in [1.82, 2.24) is 5.32 Å². The van der Waals surface area contributed by atoms with Gasteiger partial charge in [-0.2, -0.15) is 11.3 Å². The predicted octanol–water partition coefficient (Wildman–Crippen LogP) is 3.17. The van der Waals surface area contributed by atoms with Crippen LogP contribution in [-0.2, 0) is 9.53 Å². The molecule has 1 aromatic heterocycles. The van der Waals surface area contributed by atoms with Crippen molar-refractivity contribution in [2.75, 3.05) is 13.7 Å². The number of rotatable bonds is 7. The number of ether oxygens (including phenoxy) is 1. The molecule has 1 N–H and O–H groups in total. The third-order valence-corrected chi connectivity index (χ3v) is 3.89. The SMILES string of the molecule is COC(CNC(=O)/C=C/c1ccc([N+](=O)[O-])cc1)c1ccsc1. The molecule has 0 aliphatic carbocycles. The molecule has 2 rings (SSSR count). The van der Waals surface area contributed by atoms with Gasteiger partial charge in [0.2, 0.25) is 5.91 Å². The van der Waals surface area contributed by atoms with Gasteiger partial charge in [-0.3, -0.25) is 14.9 Å². The maximum Gasteiger partial charge on any atom is 0.269 e. The lowest BCUT2D eigenvalue weighted by atomic mass is 10.2. The fourth-order valence-electron chi connectivity index (χ4n) is 1.93. The molecule has 0 aliphatic heterocycles. The zero-order chi connectivity index (χ0) is 16.7. The first-order valence-electron chi connectivity index (χ1n) is 6.85. The molecule has 2 aromatic rings. The van der Waals surface area contributed by atoms with E-state index in [4.69, 9.17) is 4.74 Å².